The smallest absolute Gasteiger partial charge is 0.270 e. The van der Waals surface area contributed by atoms with E-state index >= 15 is 0 Å². The molecular formula is C15H13ClN4O4. The van der Waals surface area contributed by atoms with Gasteiger partial charge in [0.1, 0.15) is 0 Å². The fourth-order valence-electron chi connectivity index (χ4n) is 1.78. The van der Waals surface area contributed by atoms with E-state index in [9.17, 15) is 19.7 Å². The SMILES string of the molecule is O=C(CNc1ccccc1Cl)NNC(=O)c1cccc([N+](=O)[O-])c1. The van der Waals surface area contributed by atoms with Crippen molar-refractivity contribution in [2.45, 2.75) is 0 Å². The first-order valence-corrected chi connectivity index (χ1v) is 7.17. The Labute approximate surface area is 141 Å². The molecule has 0 aliphatic heterocycles. The third-order valence-corrected chi connectivity index (χ3v) is 3.28. The fraction of sp³-hybridized carbons (Fsp3) is 0.0667. The first-order chi connectivity index (χ1) is 11.5. The number of hydrogen-bond acceptors (Lipinski definition) is 5. The molecular weight excluding hydrogens is 336 g/mol. The second-order valence-electron chi connectivity index (χ2n) is 4.64. The van der Waals surface area contributed by atoms with Crippen molar-refractivity contribution in [3.05, 3.63) is 69.2 Å². The summed E-state index contributed by atoms with van der Waals surface area (Å²) in [4.78, 5) is 33.6. The fourth-order valence-corrected chi connectivity index (χ4v) is 1.99. The average Bonchev–Trinajstić information content (AvgIpc) is 2.59. The Kier molecular flexibility index (Phi) is 5.69. The van der Waals surface area contributed by atoms with Crippen LogP contribution in [0.5, 0.6) is 0 Å². The minimum atomic E-state index is -0.662. The number of nitrogens with zero attached hydrogens (tertiary/aromatic N) is 1. The van der Waals surface area contributed by atoms with Gasteiger partial charge in [-0.25, -0.2) is 0 Å². The highest BCUT2D eigenvalue weighted by Crippen LogP contribution is 2.19. The molecule has 124 valence electrons. The number of halogens is 1. The van der Waals surface area contributed by atoms with Crippen LogP contribution in [0.4, 0.5) is 11.4 Å². The Morgan fingerprint density at radius 2 is 1.83 bits per heavy atom. The third kappa shape index (κ3) is 4.68. The molecule has 0 heterocycles. The van der Waals surface area contributed by atoms with E-state index in [4.69, 9.17) is 11.6 Å². The van der Waals surface area contributed by atoms with Crippen LogP contribution in [0.2, 0.25) is 5.02 Å². The molecule has 0 aliphatic carbocycles. The largest absolute Gasteiger partial charge is 0.375 e. The maximum absolute atomic E-state index is 11.9. The molecule has 24 heavy (non-hydrogen) atoms. The van der Waals surface area contributed by atoms with Crippen molar-refractivity contribution < 1.29 is 14.5 Å². The van der Waals surface area contributed by atoms with Crippen LogP contribution in [-0.4, -0.2) is 23.3 Å². The van der Waals surface area contributed by atoms with Crippen LogP contribution in [0.3, 0.4) is 0 Å². The standard InChI is InChI=1S/C15H13ClN4O4/c16-12-6-1-2-7-13(12)17-9-14(21)18-19-15(22)10-4-3-5-11(8-10)20(23)24/h1-8,17H,9H2,(H,18,21)(H,19,22). The number of amides is 2. The van der Waals surface area contributed by atoms with Crippen molar-refractivity contribution in [3.8, 4) is 0 Å². The Balaban J connectivity index is 1.85. The lowest BCUT2D eigenvalue weighted by atomic mass is 10.2. The number of nitro groups is 1. The van der Waals surface area contributed by atoms with Crippen molar-refractivity contribution in [3.63, 3.8) is 0 Å². The molecule has 0 aromatic heterocycles. The van der Waals surface area contributed by atoms with Crippen LogP contribution in [0, 0.1) is 10.1 Å². The first-order valence-electron chi connectivity index (χ1n) is 6.79. The summed E-state index contributed by atoms with van der Waals surface area (Å²) in [5, 5.41) is 14.0. The van der Waals surface area contributed by atoms with E-state index in [-0.39, 0.29) is 17.8 Å². The topological polar surface area (TPSA) is 113 Å². The number of rotatable bonds is 5. The van der Waals surface area contributed by atoms with Gasteiger partial charge in [-0.1, -0.05) is 29.8 Å². The Bertz CT molecular complexity index is 782. The van der Waals surface area contributed by atoms with Crippen molar-refractivity contribution in [1.29, 1.82) is 0 Å². The van der Waals surface area contributed by atoms with Crippen molar-refractivity contribution in [1.82, 2.24) is 10.9 Å². The number of nitrogens with one attached hydrogen (secondary N) is 3. The number of nitro benzene ring substituents is 1. The molecule has 9 heteroatoms. The zero-order chi connectivity index (χ0) is 17.5. The maximum atomic E-state index is 11.9. The monoisotopic (exact) mass is 348 g/mol. The van der Waals surface area contributed by atoms with Crippen LogP contribution in [0.1, 0.15) is 10.4 Å². The van der Waals surface area contributed by atoms with Gasteiger partial charge in [0.15, 0.2) is 0 Å². The summed E-state index contributed by atoms with van der Waals surface area (Å²) < 4.78 is 0. The highest BCUT2D eigenvalue weighted by molar-refractivity contribution is 6.33. The number of anilines is 1. The van der Waals surface area contributed by atoms with Gasteiger partial charge in [-0.2, -0.15) is 0 Å². The predicted molar refractivity (Wildman–Crippen MR) is 88.6 cm³/mol. The highest BCUT2D eigenvalue weighted by atomic mass is 35.5. The van der Waals surface area contributed by atoms with Crippen LogP contribution in [0.15, 0.2) is 48.5 Å². The normalized spacial score (nSPS) is 9.88. The minimum absolute atomic E-state index is 0.0589. The third-order valence-electron chi connectivity index (χ3n) is 2.95. The van der Waals surface area contributed by atoms with Gasteiger partial charge >= 0.3 is 0 Å². The van der Waals surface area contributed by atoms with Gasteiger partial charge < -0.3 is 5.32 Å². The molecule has 2 aromatic carbocycles. The second-order valence-corrected chi connectivity index (χ2v) is 5.05. The molecule has 0 radical (unpaired) electrons. The summed E-state index contributed by atoms with van der Waals surface area (Å²) in [6.45, 7) is -0.112. The maximum Gasteiger partial charge on any atom is 0.270 e. The summed E-state index contributed by atoms with van der Waals surface area (Å²) in [6.07, 6.45) is 0. The summed E-state index contributed by atoms with van der Waals surface area (Å²) in [7, 11) is 0. The molecule has 0 unspecified atom stereocenters. The minimum Gasteiger partial charge on any atom is -0.375 e. The van der Waals surface area contributed by atoms with Gasteiger partial charge in [-0.05, 0) is 18.2 Å². The molecule has 2 rings (SSSR count). The Morgan fingerprint density at radius 1 is 1.08 bits per heavy atom. The van der Waals surface area contributed by atoms with Crippen LogP contribution < -0.4 is 16.2 Å². The van der Waals surface area contributed by atoms with Gasteiger partial charge in [0.05, 0.1) is 22.2 Å². The van der Waals surface area contributed by atoms with Crippen molar-refractivity contribution >= 4 is 34.8 Å². The summed E-state index contributed by atoms with van der Waals surface area (Å²) in [5.74, 6) is -1.17. The van der Waals surface area contributed by atoms with E-state index in [0.717, 1.165) is 6.07 Å². The molecule has 3 N–H and O–H groups in total. The lowest BCUT2D eigenvalue weighted by Gasteiger charge is -2.10. The number of benzene rings is 2. The first kappa shape index (κ1) is 17.2. The van der Waals surface area contributed by atoms with Gasteiger partial charge in [-0.3, -0.25) is 30.6 Å². The van der Waals surface area contributed by atoms with E-state index in [2.05, 4.69) is 16.2 Å². The molecule has 8 nitrogen and oxygen atoms in total. The second kappa shape index (κ2) is 7.93. The molecule has 2 aromatic rings. The molecule has 0 saturated carbocycles. The van der Waals surface area contributed by atoms with E-state index < -0.39 is 16.7 Å². The summed E-state index contributed by atoms with van der Waals surface area (Å²) in [6, 6.07) is 12.1. The molecule has 0 aliphatic rings. The van der Waals surface area contributed by atoms with E-state index in [1.165, 1.54) is 18.2 Å². The number of para-hydroxylation sites is 1. The van der Waals surface area contributed by atoms with Crippen molar-refractivity contribution in [2.24, 2.45) is 0 Å². The molecule has 0 spiro atoms. The molecule has 0 bridgehead atoms. The van der Waals surface area contributed by atoms with Gasteiger partial charge in [0.2, 0.25) is 0 Å². The highest BCUT2D eigenvalue weighted by Gasteiger charge is 2.12. The van der Waals surface area contributed by atoms with E-state index in [0.29, 0.717) is 10.7 Å². The molecule has 2 amide bonds. The zero-order valence-corrected chi connectivity index (χ0v) is 13.0. The number of carbonyl (C=O) groups is 2. The number of hydrogen-bond donors (Lipinski definition) is 3. The van der Waals surface area contributed by atoms with Crippen molar-refractivity contribution in [2.75, 3.05) is 11.9 Å². The lowest BCUT2D eigenvalue weighted by molar-refractivity contribution is -0.384. The Morgan fingerprint density at radius 3 is 2.54 bits per heavy atom. The molecule has 0 saturated heterocycles. The average molecular weight is 349 g/mol. The van der Waals surface area contributed by atoms with Gasteiger partial charge in [0, 0.05) is 17.7 Å². The number of carbonyl (C=O) groups excluding carboxylic acids is 2. The Hall–Kier alpha value is -3.13. The molecule has 0 atom stereocenters. The summed E-state index contributed by atoms with van der Waals surface area (Å²) in [5.41, 5.74) is 4.82. The quantitative estimate of drug-likeness (QED) is 0.565. The van der Waals surface area contributed by atoms with Crippen LogP contribution in [-0.2, 0) is 4.79 Å². The van der Waals surface area contributed by atoms with E-state index in [1.807, 2.05) is 0 Å². The van der Waals surface area contributed by atoms with E-state index in [1.54, 1.807) is 24.3 Å². The predicted octanol–water partition coefficient (Wildman–Crippen LogP) is 2.12. The van der Waals surface area contributed by atoms with Crippen LogP contribution in [0.25, 0.3) is 0 Å². The number of hydrazine groups is 1. The van der Waals surface area contributed by atoms with Gasteiger partial charge in [0.25, 0.3) is 17.5 Å². The summed E-state index contributed by atoms with van der Waals surface area (Å²) >= 11 is 5.94. The van der Waals surface area contributed by atoms with Crippen LogP contribution >= 0.6 is 11.6 Å². The van der Waals surface area contributed by atoms with Gasteiger partial charge in [-0.15, -0.1) is 0 Å². The zero-order valence-electron chi connectivity index (χ0n) is 12.3. The lowest BCUT2D eigenvalue weighted by Crippen LogP contribution is -2.44. The molecule has 0 fully saturated rings. The number of non-ortho nitro benzene ring substituents is 1.